The molecule has 1 saturated heterocycles. The first-order valence-electron chi connectivity index (χ1n) is 9.44. The quantitative estimate of drug-likeness (QED) is 0.382. The standard InChI is InChI=1S/C20H28N2O5S/c1-2-3-16-27-19-11-14-21(15-12-19)28(25,26)17-20(23)22(24)13-7-10-18-8-5-4-6-9-18/h4-6,8-9,19,24H,7,10-17H2,1H3. The van der Waals surface area contributed by atoms with E-state index in [1.165, 1.54) is 4.31 Å². The van der Waals surface area contributed by atoms with Gasteiger partial charge < -0.3 is 4.74 Å². The van der Waals surface area contributed by atoms with E-state index in [2.05, 4.69) is 11.8 Å². The van der Waals surface area contributed by atoms with Crippen LogP contribution < -0.4 is 0 Å². The summed E-state index contributed by atoms with van der Waals surface area (Å²) in [4.78, 5) is 12.1. The third kappa shape index (κ3) is 7.24. The average Bonchev–Trinajstić information content (AvgIpc) is 2.69. The molecule has 0 saturated carbocycles. The van der Waals surface area contributed by atoms with Gasteiger partial charge in [-0.3, -0.25) is 10.0 Å². The fourth-order valence-corrected chi connectivity index (χ4v) is 4.44. The second-order valence-corrected chi connectivity index (χ2v) is 8.67. The number of hydroxylamine groups is 2. The topological polar surface area (TPSA) is 87.2 Å². The molecule has 1 heterocycles. The first-order valence-corrected chi connectivity index (χ1v) is 11.1. The fraction of sp³-hybridized carbons (Fsp3) is 0.550. The van der Waals surface area contributed by atoms with Crippen LogP contribution in [0.1, 0.15) is 31.7 Å². The van der Waals surface area contributed by atoms with Crippen LogP contribution in [0.5, 0.6) is 0 Å². The summed E-state index contributed by atoms with van der Waals surface area (Å²) in [6.45, 7) is 2.78. The van der Waals surface area contributed by atoms with Gasteiger partial charge in [0.1, 0.15) is 12.4 Å². The SMILES string of the molecule is CC#CCOC1CCN(S(=O)(=O)CC(=O)N(O)CCCc2ccccc2)CC1. The van der Waals surface area contributed by atoms with E-state index < -0.39 is 21.7 Å². The number of amides is 1. The van der Waals surface area contributed by atoms with E-state index in [4.69, 9.17) is 4.74 Å². The number of carbonyl (C=O) groups excluding carboxylic acids is 1. The monoisotopic (exact) mass is 408 g/mol. The molecule has 1 N–H and O–H groups in total. The van der Waals surface area contributed by atoms with Crippen molar-refractivity contribution in [1.29, 1.82) is 0 Å². The van der Waals surface area contributed by atoms with Gasteiger partial charge in [0.05, 0.1) is 6.10 Å². The molecule has 1 aromatic carbocycles. The first-order chi connectivity index (χ1) is 13.4. The molecule has 0 bridgehead atoms. The van der Waals surface area contributed by atoms with Crippen LogP contribution in [0.25, 0.3) is 0 Å². The number of hydrogen-bond donors (Lipinski definition) is 1. The van der Waals surface area contributed by atoms with Gasteiger partial charge in [0.25, 0.3) is 5.91 Å². The summed E-state index contributed by atoms with van der Waals surface area (Å²) in [5, 5.41) is 10.4. The maximum atomic E-state index is 12.5. The second kappa shape index (κ2) is 11.2. The molecule has 1 aromatic rings. The summed E-state index contributed by atoms with van der Waals surface area (Å²) in [7, 11) is -3.75. The van der Waals surface area contributed by atoms with Crippen LogP contribution in [-0.2, 0) is 26.0 Å². The lowest BCUT2D eigenvalue weighted by Crippen LogP contribution is -2.45. The Labute approximate surface area is 167 Å². The van der Waals surface area contributed by atoms with Gasteiger partial charge in [0, 0.05) is 19.6 Å². The number of benzene rings is 1. The van der Waals surface area contributed by atoms with Gasteiger partial charge in [0.2, 0.25) is 10.0 Å². The minimum absolute atomic E-state index is 0.0182. The maximum Gasteiger partial charge on any atom is 0.262 e. The van der Waals surface area contributed by atoms with E-state index in [0.717, 1.165) is 5.56 Å². The van der Waals surface area contributed by atoms with E-state index in [0.29, 0.717) is 50.4 Å². The third-order valence-electron chi connectivity index (χ3n) is 4.63. The molecule has 0 radical (unpaired) electrons. The molecular formula is C20H28N2O5S. The van der Waals surface area contributed by atoms with Crippen molar-refractivity contribution < 1.29 is 23.2 Å². The molecule has 1 fully saturated rings. The van der Waals surface area contributed by atoms with Gasteiger partial charge in [0.15, 0.2) is 0 Å². The Kier molecular flexibility index (Phi) is 8.93. The molecule has 7 nitrogen and oxygen atoms in total. The molecule has 1 amide bonds. The zero-order chi connectivity index (χ0) is 20.4. The molecule has 28 heavy (non-hydrogen) atoms. The Bertz CT molecular complexity index is 778. The Hall–Kier alpha value is -1.92. The normalized spacial score (nSPS) is 15.6. The molecule has 154 valence electrons. The Morgan fingerprint density at radius 2 is 1.96 bits per heavy atom. The van der Waals surface area contributed by atoms with Crippen molar-refractivity contribution in [2.24, 2.45) is 0 Å². The van der Waals surface area contributed by atoms with Crippen molar-refractivity contribution in [2.75, 3.05) is 32.0 Å². The predicted molar refractivity (Wildman–Crippen MR) is 106 cm³/mol. The lowest BCUT2D eigenvalue weighted by atomic mass is 10.1. The summed E-state index contributed by atoms with van der Waals surface area (Å²) in [6.07, 6.45) is 2.37. The molecule has 0 unspecified atom stereocenters. The molecule has 1 aliphatic heterocycles. The number of hydrogen-bond acceptors (Lipinski definition) is 5. The van der Waals surface area contributed by atoms with Gasteiger partial charge in [-0.15, -0.1) is 5.92 Å². The van der Waals surface area contributed by atoms with Crippen LogP contribution in [0.3, 0.4) is 0 Å². The zero-order valence-electron chi connectivity index (χ0n) is 16.2. The predicted octanol–water partition coefficient (Wildman–Crippen LogP) is 1.67. The highest BCUT2D eigenvalue weighted by atomic mass is 32.2. The number of piperidine rings is 1. The molecular weight excluding hydrogens is 380 g/mol. The van der Waals surface area contributed by atoms with Crippen LogP contribution in [-0.4, -0.2) is 67.0 Å². The number of aryl methyl sites for hydroxylation is 1. The molecule has 2 rings (SSSR count). The van der Waals surface area contributed by atoms with Gasteiger partial charge in [-0.1, -0.05) is 36.3 Å². The summed E-state index contributed by atoms with van der Waals surface area (Å²) in [5.74, 6) is 4.05. The Balaban J connectivity index is 1.74. The highest BCUT2D eigenvalue weighted by Crippen LogP contribution is 2.17. The van der Waals surface area contributed by atoms with Crippen molar-refractivity contribution in [3.8, 4) is 11.8 Å². The zero-order valence-corrected chi connectivity index (χ0v) is 17.0. The van der Waals surface area contributed by atoms with Crippen LogP contribution in [0, 0.1) is 11.8 Å². The third-order valence-corrected chi connectivity index (χ3v) is 6.40. The van der Waals surface area contributed by atoms with E-state index in [1.54, 1.807) is 6.92 Å². The Morgan fingerprint density at radius 1 is 1.29 bits per heavy atom. The number of nitrogens with zero attached hydrogens (tertiary/aromatic N) is 2. The molecule has 8 heteroatoms. The summed E-state index contributed by atoms with van der Waals surface area (Å²) in [5.41, 5.74) is 1.10. The second-order valence-electron chi connectivity index (χ2n) is 6.70. The van der Waals surface area contributed by atoms with Crippen LogP contribution in [0.15, 0.2) is 30.3 Å². The summed E-state index contributed by atoms with van der Waals surface area (Å²) >= 11 is 0. The van der Waals surface area contributed by atoms with Gasteiger partial charge in [-0.2, -0.15) is 0 Å². The van der Waals surface area contributed by atoms with E-state index in [9.17, 15) is 18.4 Å². The number of ether oxygens (including phenoxy) is 1. The molecule has 0 spiro atoms. The van der Waals surface area contributed by atoms with Gasteiger partial charge in [-0.25, -0.2) is 17.8 Å². The number of carbonyl (C=O) groups is 1. The molecule has 1 aliphatic rings. The first kappa shape index (κ1) is 22.4. The van der Waals surface area contributed by atoms with Crippen LogP contribution in [0.4, 0.5) is 0 Å². The summed E-state index contributed by atoms with van der Waals surface area (Å²) in [6, 6.07) is 9.71. The molecule has 0 atom stereocenters. The fourth-order valence-electron chi connectivity index (χ4n) is 3.03. The minimum atomic E-state index is -3.75. The van der Waals surface area contributed by atoms with E-state index in [-0.39, 0.29) is 12.6 Å². The highest BCUT2D eigenvalue weighted by molar-refractivity contribution is 7.89. The van der Waals surface area contributed by atoms with Crippen LogP contribution in [0.2, 0.25) is 0 Å². The highest BCUT2D eigenvalue weighted by Gasteiger charge is 2.31. The lowest BCUT2D eigenvalue weighted by Gasteiger charge is -2.30. The largest absolute Gasteiger partial charge is 0.365 e. The van der Waals surface area contributed by atoms with Gasteiger partial charge in [-0.05, 0) is 38.2 Å². The number of rotatable bonds is 9. The number of sulfonamides is 1. The van der Waals surface area contributed by atoms with E-state index in [1.807, 2.05) is 30.3 Å². The Morgan fingerprint density at radius 3 is 2.61 bits per heavy atom. The van der Waals surface area contributed by atoms with Crippen molar-refractivity contribution in [1.82, 2.24) is 9.37 Å². The summed E-state index contributed by atoms with van der Waals surface area (Å²) < 4.78 is 31.8. The van der Waals surface area contributed by atoms with Crippen molar-refractivity contribution in [2.45, 2.75) is 38.7 Å². The van der Waals surface area contributed by atoms with Crippen molar-refractivity contribution in [3.63, 3.8) is 0 Å². The molecule has 0 aromatic heterocycles. The van der Waals surface area contributed by atoms with Crippen LogP contribution >= 0.6 is 0 Å². The molecule has 0 aliphatic carbocycles. The van der Waals surface area contributed by atoms with Gasteiger partial charge >= 0.3 is 0 Å². The maximum absolute atomic E-state index is 12.5. The smallest absolute Gasteiger partial charge is 0.262 e. The van der Waals surface area contributed by atoms with Crippen molar-refractivity contribution >= 4 is 15.9 Å². The van der Waals surface area contributed by atoms with Crippen molar-refractivity contribution in [3.05, 3.63) is 35.9 Å². The van der Waals surface area contributed by atoms with E-state index >= 15 is 0 Å². The minimum Gasteiger partial charge on any atom is -0.365 e. The lowest BCUT2D eigenvalue weighted by molar-refractivity contribution is -0.162. The average molecular weight is 409 g/mol.